The van der Waals surface area contributed by atoms with Gasteiger partial charge in [-0.2, -0.15) is 0 Å². The molecule has 0 aliphatic heterocycles. The van der Waals surface area contributed by atoms with Crippen molar-refractivity contribution in [3.8, 4) is 0 Å². The van der Waals surface area contributed by atoms with Gasteiger partial charge in [-0.05, 0) is 33.6 Å². The molecule has 6 nitrogen and oxygen atoms in total. The number of hydrogen-bond donors (Lipinski definition) is 1. The average Bonchev–Trinajstić information content (AvgIpc) is 2.91. The maximum Gasteiger partial charge on any atom is 0.254 e. The third-order valence-electron chi connectivity index (χ3n) is 2.98. The lowest BCUT2D eigenvalue weighted by Gasteiger charge is -2.11. The van der Waals surface area contributed by atoms with E-state index in [-0.39, 0.29) is 10.8 Å². The monoisotopic (exact) mass is 386 g/mol. The van der Waals surface area contributed by atoms with Crippen molar-refractivity contribution in [1.29, 1.82) is 0 Å². The van der Waals surface area contributed by atoms with Crippen LogP contribution in [0.5, 0.6) is 0 Å². The molecule has 1 aromatic carbocycles. The van der Waals surface area contributed by atoms with Crippen LogP contribution < -0.4 is 5.32 Å². The van der Waals surface area contributed by atoms with Gasteiger partial charge in [-0.25, -0.2) is 12.7 Å². The zero-order chi connectivity index (χ0) is 16.3. The third kappa shape index (κ3) is 3.76. The van der Waals surface area contributed by atoms with Crippen LogP contribution in [0.4, 0.5) is 0 Å². The van der Waals surface area contributed by atoms with Gasteiger partial charge in [0.05, 0.1) is 10.5 Å². The van der Waals surface area contributed by atoms with E-state index in [0.29, 0.717) is 16.8 Å². The Hall–Kier alpha value is -1.64. The predicted octanol–water partition coefficient (Wildman–Crippen LogP) is 2.22. The Morgan fingerprint density at radius 1 is 1.27 bits per heavy atom. The summed E-state index contributed by atoms with van der Waals surface area (Å²) in [6, 6.07) is 7.95. The number of sulfonamides is 1. The van der Waals surface area contributed by atoms with E-state index < -0.39 is 10.0 Å². The van der Waals surface area contributed by atoms with Gasteiger partial charge in [-0.15, -0.1) is 0 Å². The summed E-state index contributed by atoms with van der Waals surface area (Å²) >= 11 is 3.13. The first-order valence-electron chi connectivity index (χ1n) is 6.34. The van der Waals surface area contributed by atoms with Crippen LogP contribution in [0.2, 0.25) is 0 Å². The van der Waals surface area contributed by atoms with Crippen molar-refractivity contribution >= 4 is 31.9 Å². The molecule has 2 rings (SSSR count). The summed E-state index contributed by atoms with van der Waals surface area (Å²) in [5.74, 6) is -0.264. The van der Waals surface area contributed by atoms with Crippen molar-refractivity contribution < 1.29 is 17.6 Å². The Kier molecular flexibility index (Phi) is 5.05. The zero-order valence-electron chi connectivity index (χ0n) is 12.0. The fourth-order valence-electron chi connectivity index (χ4n) is 1.70. The Labute approximate surface area is 137 Å². The highest BCUT2D eigenvalue weighted by Gasteiger charge is 2.16. The third-order valence-corrected chi connectivity index (χ3v) is 5.23. The van der Waals surface area contributed by atoms with Crippen molar-refractivity contribution in [2.45, 2.75) is 11.4 Å². The number of nitrogens with zero attached hydrogens (tertiary/aromatic N) is 1. The molecule has 0 fully saturated rings. The number of carbonyl (C=O) groups is 1. The van der Waals surface area contributed by atoms with Crippen molar-refractivity contribution in [1.82, 2.24) is 9.62 Å². The second-order valence-electron chi connectivity index (χ2n) is 4.75. The van der Waals surface area contributed by atoms with Crippen LogP contribution in [0.25, 0.3) is 0 Å². The molecule has 1 heterocycles. The summed E-state index contributed by atoms with van der Waals surface area (Å²) in [7, 11) is -0.479. The van der Waals surface area contributed by atoms with Gasteiger partial charge in [-0.1, -0.05) is 12.1 Å². The minimum Gasteiger partial charge on any atom is -0.457 e. The van der Waals surface area contributed by atoms with Gasteiger partial charge < -0.3 is 9.73 Å². The van der Waals surface area contributed by atoms with E-state index in [0.717, 1.165) is 9.87 Å². The molecule has 0 radical (unpaired) electrons. The number of hydrogen-bond acceptors (Lipinski definition) is 4. The van der Waals surface area contributed by atoms with E-state index in [4.69, 9.17) is 4.42 Å². The molecule has 0 unspecified atom stereocenters. The van der Waals surface area contributed by atoms with Crippen LogP contribution in [0.15, 0.2) is 50.6 Å². The molecule has 0 aliphatic rings. The molecule has 118 valence electrons. The molecule has 0 atom stereocenters. The Morgan fingerprint density at radius 3 is 2.41 bits per heavy atom. The van der Waals surface area contributed by atoms with Gasteiger partial charge in [0, 0.05) is 26.7 Å². The highest BCUT2D eigenvalue weighted by molar-refractivity contribution is 9.10. The van der Waals surface area contributed by atoms with Crippen molar-refractivity contribution in [2.24, 2.45) is 0 Å². The zero-order valence-corrected chi connectivity index (χ0v) is 14.4. The summed E-state index contributed by atoms with van der Waals surface area (Å²) in [5, 5.41) is 2.73. The average molecular weight is 387 g/mol. The SMILES string of the molecule is CN(C)S(=O)(=O)c1ccc(CNC(=O)c2coc(Br)c2)cc1. The van der Waals surface area contributed by atoms with E-state index in [2.05, 4.69) is 21.2 Å². The summed E-state index contributed by atoms with van der Waals surface area (Å²) in [5.41, 5.74) is 1.22. The van der Waals surface area contributed by atoms with E-state index in [1.165, 1.54) is 32.5 Å². The minimum atomic E-state index is -3.44. The molecular weight excluding hydrogens is 372 g/mol. The Balaban J connectivity index is 2.02. The number of benzene rings is 1. The van der Waals surface area contributed by atoms with E-state index in [1.54, 1.807) is 18.2 Å². The molecule has 0 aliphatic carbocycles. The summed E-state index contributed by atoms with van der Waals surface area (Å²) < 4.78 is 30.5. The molecule has 1 amide bonds. The molecule has 2 aromatic rings. The second-order valence-corrected chi connectivity index (χ2v) is 7.69. The van der Waals surface area contributed by atoms with Gasteiger partial charge in [0.25, 0.3) is 5.91 Å². The lowest BCUT2D eigenvalue weighted by atomic mass is 10.2. The van der Waals surface area contributed by atoms with Gasteiger partial charge in [0.1, 0.15) is 6.26 Å². The van der Waals surface area contributed by atoms with E-state index >= 15 is 0 Å². The number of carbonyl (C=O) groups excluding carboxylic acids is 1. The van der Waals surface area contributed by atoms with Gasteiger partial charge >= 0.3 is 0 Å². The Morgan fingerprint density at radius 2 is 1.91 bits per heavy atom. The lowest BCUT2D eigenvalue weighted by Crippen LogP contribution is -2.23. The van der Waals surface area contributed by atoms with E-state index in [9.17, 15) is 13.2 Å². The van der Waals surface area contributed by atoms with Crippen LogP contribution in [0.3, 0.4) is 0 Å². The number of halogens is 1. The van der Waals surface area contributed by atoms with Crippen LogP contribution >= 0.6 is 15.9 Å². The van der Waals surface area contributed by atoms with E-state index in [1.807, 2.05) is 0 Å². The van der Waals surface area contributed by atoms with Gasteiger partial charge in [0.2, 0.25) is 10.0 Å². The first-order chi connectivity index (χ1) is 10.3. The standard InChI is InChI=1S/C14H15BrN2O4S/c1-17(2)22(19,20)12-5-3-10(4-6-12)8-16-14(18)11-7-13(15)21-9-11/h3-7,9H,8H2,1-2H3,(H,16,18). The van der Waals surface area contributed by atoms with Crippen LogP contribution in [0, 0.1) is 0 Å². The first-order valence-corrected chi connectivity index (χ1v) is 8.57. The normalized spacial score (nSPS) is 11.6. The molecule has 1 N–H and O–H groups in total. The number of nitrogens with one attached hydrogen (secondary N) is 1. The summed E-state index contributed by atoms with van der Waals surface area (Å²) in [6.45, 7) is 0.296. The maximum absolute atomic E-state index is 11.9. The largest absolute Gasteiger partial charge is 0.457 e. The topological polar surface area (TPSA) is 79.6 Å². The van der Waals surface area contributed by atoms with Gasteiger partial charge in [0.15, 0.2) is 4.67 Å². The molecule has 22 heavy (non-hydrogen) atoms. The molecular formula is C14H15BrN2O4S. The van der Waals surface area contributed by atoms with Crippen LogP contribution in [-0.4, -0.2) is 32.7 Å². The smallest absolute Gasteiger partial charge is 0.254 e. The second kappa shape index (κ2) is 6.64. The summed E-state index contributed by atoms with van der Waals surface area (Å²) in [6.07, 6.45) is 1.35. The van der Waals surface area contributed by atoms with Crippen LogP contribution in [-0.2, 0) is 16.6 Å². The molecule has 8 heteroatoms. The highest BCUT2D eigenvalue weighted by atomic mass is 79.9. The molecule has 0 saturated heterocycles. The predicted molar refractivity (Wildman–Crippen MR) is 84.9 cm³/mol. The fraction of sp³-hybridized carbons (Fsp3) is 0.214. The highest BCUT2D eigenvalue weighted by Crippen LogP contribution is 2.15. The first kappa shape index (κ1) is 16.7. The van der Waals surface area contributed by atoms with Crippen molar-refractivity contribution in [3.05, 3.63) is 52.4 Å². The quantitative estimate of drug-likeness (QED) is 0.853. The van der Waals surface area contributed by atoms with Gasteiger partial charge in [-0.3, -0.25) is 4.79 Å². The van der Waals surface area contributed by atoms with Crippen molar-refractivity contribution in [3.63, 3.8) is 0 Å². The minimum absolute atomic E-state index is 0.214. The van der Waals surface area contributed by atoms with Crippen LogP contribution in [0.1, 0.15) is 15.9 Å². The Bertz CT molecular complexity index is 766. The number of amides is 1. The summed E-state index contributed by atoms with van der Waals surface area (Å²) in [4.78, 5) is 12.1. The maximum atomic E-state index is 11.9. The molecule has 1 aromatic heterocycles. The van der Waals surface area contributed by atoms with Crippen molar-refractivity contribution in [2.75, 3.05) is 14.1 Å². The molecule has 0 spiro atoms. The number of furan rings is 1. The number of rotatable bonds is 5. The fourth-order valence-corrected chi connectivity index (χ4v) is 2.95. The molecule has 0 saturated carbocycles. The molecule has 0 bridgehead atoms. The lowest BCUT2D eigenvalue weighted by molar-refractivity contribution is 0.0950.